The van der Waals surface area contributed by atoms with Gasteiger partial charge in [-0.15, -0.1) is 0 Å². The number of rotatable bonds is 0. The largest absolute Gasteiger partial charge is 0.0844 e. The van der Waals surface area contributed by atoms with E-state index in [1.807, 2.05) is 0 Å². The van der Waals surface area contributed by atoms with Gasteiger partial charge >= 0.3 is 0 Å². The molecule has 0 nitrogen and oxygen atoms in total. The summed E-state index contributed by atoms with van der Waals surface area (Å²) in [6.45, 7) is 0. The third kappa shape index (κ3) is 5.92. The fourth-order valence-electron chi connectivity index (χ4n) is 1.06. The summed E-state index contributed by atoms with van der Waals surface area (Å²) in [5, 5.41) is 0. The van der Waals surface area contributed by atoms with Crippen LogP contribution in [-0.4, -0.2) is 0 Å². The highest BCUT2D eigenvalue weighted by molar-refractivity contribution is 5.13. The highest BCUT2D eigenvalue weighted by atomic mass is 13.8. The van der Waals surface area contributed by atoms with Crippen molar-refractivity contribution in [3.8, 4) is 0 Å². The summed E-state index contributed by atoms with van der Waals surface area (Å²) in [5.41, 5.74) is 0. The zero-order valence-electron chi connectivity index (χ0n) is 7.89. The van der Waals surface area contributed by atoms with Gasteiger partial charge in [-0.05, 0) is 19.3 Å². The molecule has 0 amide bonds. The molecular formula is C13H16. The van der Waals surface area contributed by atoms with Crippen LogP contribution in [0.5, 0.6) is 0 Å². The van der Waals surface area contributed by atoms with Gasteiger partial charge in [-0.25, -0.2) is 0 Å². The predicted octanol–water partition coefficient (Wildman–Crippen LogP) is 3.95. The van der Waals surface area contributed by atoms with E-state index in [1.54, 1.807) is 0 Å². The van der Waals surface area contributed by atoms with Crippen molar-refractivity contribution in [2.24, 2.45) is 0 Å². The minimum atomic E-state index is 1.03. The SMILES string of the molecule is C1=C\C=C/C/C=C\C/C=C\C\C=C/1. The third-order valence-corrected chi connectivity index (χ3v) is 1.76. The Morgan fingerprint density at radius 2 is 0.769 bits per heavy atom. The summed E-state index contributed by atoms with van der Waals surface area (Å²) in [6.07, 6.45) is 24.5. The predicted molar refractivity (Wildman–Crippen MR) is 59.6 cm³/mol. The average molecular weight is 172 g/mol. The van der Waals surface area contributed by atoms with Crippen LogP contribution in [0.4, 0.5) is 0 Å². The van der Waals surface area contributed by atoms with Crippen LogP contribution < -0.4 is 0 Å². The van der Waals surface area contributed by atoms with E-state index in [4.69, 9.17) is 0 Å². The standard InChI is InChI=1S/C13H16/c1-2-4-6-8-10-12-13-11-9-7-5-3-1/h1-6,9-12H,7-8,13H2/b2-1-,5-3-,6-4-,11-9-,12-10-. The van der Waals surface area contributed by atoms with Gasteiger partial charge in [0.15, 0.2) is 0 Å². The molecule has 0 aromatic carbocycles. The van der Waals surface area contributed by atoms with E-state index in [-0.39, 0.29) is 0 Å². The van der Waals surface area contributed by atoms with E-state index < -0.39 is 0 Å². The molecule has 0 bridgehead atoms. The lowest BCUT2D eigenvalue weighted by atomic mass is 10.3. The molecule has 13 heavy (non-hydrogen) atoms. The fourth-order valence-corrected chi connectivity index (χ4v) is 1.06. The molecular weight excluding hydrogens is 156 g/mol. The Hall–Kier alpha value is -1.30. The highest BCUT2D eigenvalue weighted by Gasteiger charge is 1.74. The third-order valence-electron chi connectivity index (χ3n) is 1.76. The van der Waals surface area contributed by atoms with Crippen LogP contribution in [0.25, 0.3) is 0 Å². The summed E-state index contributed by atoms with van der Waals surface area (Å²) < 4.78 is 0. The van der Waals surface area contributed by atoms with E-state index in [1.165, 1.54) is 0 Å². The lowest BCUT2D eigenvalue weighted by molar-refractivity contribution is 1.28. The fraction of sp³-hybridized carbons (Fsp3) is 0.231. The van der Waals surface area contributed by atoms with Gasteiger partial charge in [0.25, 0.3) is 0 Å². The zero-order chi connectivity index (χ0) is 9.19. The molecule has 0 atom stereocenters. The van der Waals surface area contributed by atoms with E-state index in [9.17, 15) is 0 Å². The monoisotopic (exact) mass is 172 g/mol. The van der Waals surface area contributed by atoms with Crippen LogP contribution in [0.2, 0.25) is 0 Å². The Morgan fingerprint density at radius 3 is 1.23 bits per heavy atom. The molecule has 0 saturated carbocycles. The molecule has 1 rings (SSSR count). The van der Waals surface area contributed by atoms with Gasteiger partial charge in [0, 0.05) is 0 Å². The molecule has 0 fully saturated rings. The topological polar surface area (TPSA) is 0 Å². The second-order valence-electron chi connectivity index (χ2n) is 2.89. The van der Waals surface area contributed by atoms with Crippen LogP contribution in [0.15, 0.2) is 60.8 Å². The second kappa shape index (κ2) is 7.35. The molecule has 0 saturated heterocycles. The smallest absolute Gasteiger partial charge is 0.0166 e. The highest BCUT2D eigenvalue weighted by Crippen LogP contribution is 1.95. The molecule has 0 heteroatoms. The second-order valence-corrected chi connectivity index (χ2v) is 2.89. The van der Waals surface area contributed by atoms with Gasteiger partial charge in [-0.3, -0.25) is 0 Å². The number of allylic oxidation sites excluding steroid dienone is 10. The summed E-state index contributed by atoms with van der Waals surface area (Å²) in [4.78, 5) is 0. The van der Waals surface area contributed by atoms with Crippen molar-refractivity contribution in [1.29, 1.82) is 0 Å². The molecule has 1 aliphatic carbocycles. The molecule has 0 spiro atoms. The van der Waals surface area contributed by atoms with Crippen LogP contribution >= 0.6 is 0 Å². The van der Waals surface area contributed by atoms with E-state index in [0.29, 0.717) is 0 Å². The summed E-state index contributed by atoms with van der Waals surface area (Å²) in [7, 11) is 0. The number of hydrogen-bond acceptors (Lipinski definition) is 0. The first-order valence-corrected chi connectivity index (χ1v) is 4.78. The van der Waals surface area contributed by atoms with E-state index in [0.717, 1.165) is 19.3 Å². The van der Waals surface area contributed by atoms with Crippen molar-refractivity contribution in [3.63, 3.8) is 0 Å². The first-order chi connectivity index (χ1) is 6.50. The van der Waals surface area contributed by atoms with E-state index in [2.05, 4.69) is 60.8 Å². The maximum Gasteiger partial charge on any atom is -0.0166 e. The van der Waals surface area contributed by atoms with Crippen molar-refractivity contribution >= 4 is 0 Å². The van der Waals surface area contributed by atoms with Crippen molar-refractivity contribution in [2.45, 2.75) is 19.3 Å². The summed E-state index contributed by atoms with van der Waals surface area (Å²) in [6, 6.07) is 0. The molecule has 0 aliphatic heterocycles. The maximum absolute atomic E-state index is 2.20. The van der Waals surface area contributed by atoms with Crippen molar-refractivity contribution in [1.82, 2.24) is 0 Å². The Labute approximate surface area is 80.7 Å². The molecule has 0 unspecified atom stereocenters. The lowest BCUT2D eigenvalue weighted by Gasteiger charge is -1.82. The lowest BCUT2D eigenvalue weighted by Crippen LogP contribution is -1.61. The quantitative estimate of drug-likeness (QED) is 0.485. The summed E-state index contributed by atoms with van der Waals surface area (Å²) >= 11 is 0. The molecule has 0 aromatic heterocycles. The molecule has 0 radical (unpaired) electrons. The average Bonchev–Trinajstić information content (AvgIpc) is 2.18. The Balaban J connectivity index is 2.49. The molecule has 1 aliphatic rings. The van der Waals surface area contributed by atoms with Crippen molar-refractivity contribution in [2.75, 3.05) is 0 Å². The Morgan fingerprint density at radius 1 is 0.385 bits per heavy atom. The normalized spacial score (nSPS) is 30.2. The molecule has 0 aromatic rings. The van der Waals surface area contributed by atoms with Gasteiger partial charge in [0.2, 0.25) is 0 Å². The molecule has 0 N–H and O–H groups in total. The first-order valence-electron chi connectivity index (χ1n) is 4.78. The van der Waals surface area contributed by atoms with Crippen molar-refractivity contribution in [3.05, 3.63) is 60.8 Å². The first kappa shape index (κ1) is 9.79. The molecule has 68 valence electrons. The Kier molecular flexibility index (Phi) is 5.54. The van der Waals surface area contributed by atoms with Gasteiger partial charge in [0.05, 0.1) is 0 Å². The van der Waals surface area contributed by atoms with Gasteiger partial charge < -0.3 is 0 Å². The van der Waals surface area contributed by atoms with Crippen molar-refractivity contribution < 1.29 is 0 Å². The van der Waals surface area contributed by atoms with Crippen LogP contribution in [-0.2, 0) is 0 Å². The van der Waals surface area contributed by atoms with Gasteiger partial charge in [-0.2, -0.15) is 0 Å². The van der Waals surface area contributed by atoms with E-state index >= 15 is 0 Å². The number of hydrogen-bond donors (Lipinski definition) is 0. The summed E-state index contributed by atoms with van der Waals surface area (Å²) in [5.74, 6) is 0. The van der Waals surface area contributed by atoms with Gasteiger partial charge in [0.1, 0.15) is 0 Å². The minimum Gasteiger partial charge on any atom is -0.0844 e. The van der Waals surface area contributed by atoms with Crippen LogP contribution in [0.3, 0.4) is 0 Å². The van der Waals surface area contributed by atoms with Crippen LogP contribution in [0.1, 0.15) is 19.3 Å². The zero-order valence-corrected chi connectivity index (χ0v) is 7.89. The minimum absolute atomic E-state index is 1.03. The maximum atomic E-state index is 2.20. The Bertz CT molecular complexity index is 223. The van der Waals surface area contributed by atoms with Crippen LogP contribution in [0, 0.1) is 0 Å². The molecule has 0 heterocycles. The van der Waals surface area contributed by atoms with Gasteiger partial charge in [-0.1, -0.05) is 60.8 Å².